The van der Waals surface area contributed by atoms with E-state index < -0.39 is 0 Å². The lowest BCUT2D eigenvalue weighted by molar-refractivity contribution is 0.628. The second-order valence-corrected chi connectivity index (χ2v) is 4.56. The number of benzene rings is 1. The maximum Gasteiger partial charge on any atom is 0.152 e. The maximum absolute atomic E-state index is 13.1. The summed E-state index contributed by atoms with van der Waals surface area (Å²) in [5.41, 5.74) is 8.16. The van der Waals surface area contributed by atoms with Crippen molar-refractivity contribution in [2.45, 2.75) is 19.8 Å². The van der Waals surface area contributed by atoms with Crippen LogP contribution in [0.2, 0.25) is 0 Å². The first-order chi connectivity index (χ1) is 8.49. The fraction of sp³-hybridized carbons (Fsp3) is 0.308. The van der Waals surface area contributed by atoms with E-state index in [2.05, 4.69) is 10.4 Å². The van der Waals surface area contributed by atoms with E-state index >= 15 is 0 Å². The van der Waals surface area contributed by atoms with Crippen LogP contribution >= 0.6 is 0 Å². The molecule has 1 heterocycles. The number of hydrogen-bond acceptors (Lipinski definition) is 3. The van der Waals surface area contributed by atoms with Crippen molar-refractivity contribution in [1.82, 2.24) is 9.78 Å². The van der Waals surface area contributed by atoms with E-state index in [1.165, 1.54) is 12.1 Å². The number of aromatic nitrogens is 2. The molecule has 0 atom stereocenters. The summed E-state index contributed by atoms with van der Waals surface area (Å²) in [5.74, 6) is 0.647. The number of hydrogen-bond donors (Lipinski definition) is 2. The minimum atomic E-state index is -0.287. The molecule has 0 unspecified atom stereocenters. The van der Waals surface area contributed by atoms with Crippen LogP contribution < -0.4 is 11.1 Å². The molecule has 5 heteroatoms. The molecule has 0 bridgehead atoms. The van der Waals surface area contributed by atoms with Crippen LogP contribution in [0.3, 0.4) is 0 Å². The SMILES string of the molecule is CC(C)c1nn(C)c(Nc2cccc(F)c2)c1N. The lowest BCUT2D eigenvalue weighted by Crippen LogP contribution is -2.01. The zero-order chi connectivity index (χ0) is 13.3. The van der Waals surface area contributed by atoms with Gasteiger partial charge >= 0.3 is 0 Å². The number of nitrogens with two attached hydrogens (primary N) is 1. The van der Waals surface area contributed by atoms with E-state index in [1.807, 2.05) is 20.9 Å². The Bertz CT molecular complexity index is 560. The zero-order valence-corrected chi connectivity index (χ0v) is 10.7. The quantitative estimate of drug-likeness (QED) is 0.877. The van der Waals surface area contributed by atoms with Crippen LogP contribution in [0.1, 0.15) is 25.5 Å². The summed E-state index contributed by atoms with van der Waals surface area (Å²) >= 11 is 0. The molecule has 0 aliphatic rings. The van der Waals surface area contributed by atoms with Gasteiger partial charge in [-0.3, -0.25) is 4.68 Å². The topological polar surface area (TPSA) is 55.9 Å². The smallest absolute Gasteiger partial charge is 0.152 e. The zero-order valence-electron chi connectivity index (χ0n) is 10.7. The van der Waals surface area contributed by atoms with E-state index in [9.17, 15) is 4.39 Å². The first-order valence-electron chi connectivity index (χ1n) is 5.84. The highest BCUT2D eigenvalue weighted by Crippen LogP contribution is 2.30. The normalized spacial score (nSPS) is 10.9. The molecule has 96 valence electrons. The molecule has 0 saturated carbocycles. The average molecular weight is 248 g/mol. The summed E-state index contributed by atoms with van der Waals surface area (Å²) in [6.45, 7) is 4.06. The van der Waals surface area contributed by atoms with Crippen molar-refractivity contribution in [1.29, 1.82) is 0 Å². The van der Waals surface area contributed by atoms with E-state index in [0.29, 0.717) is 17.2 Å². The summed E-state index contributed by atoms with van der Waals surface area (Å²) in [6.07, 6.45) is 0. The van der Waals surface area contributed by atoms with Crippen LogP contribution in [-0.2, 0) is 7.05 Å². The predicted molar refractivity (Wildman–Crippen MR) is 71.4 cm³/mol. The van der Waals surface area contributed by atoms with Gasteiger partial charge in [0.2, 0.25) is 0 Å². The van der Waals surface area contributed by atoms with Gasteiger partial charge in [0, 0.05) is 12.7 Å². The van der Waals surface area contributed by atoms with Gasteiger partial charge in [-0.05, 0) is 24.1 Å². The molecule has 2 rings (SSSR count). The minimum absolute atomic E-state index is 0.249. The fourth-order valence-electron chi connectivity index (χ4n) is 1.84. The van der Waals surface area contributed by atoms with Crippen LogP contribution in [-0.4, -0.2) is 9.78 Å². The summed E-state index contributed by atoms with van der Waals surface area (Å²) in [5, 5.41) is 7.46. The Morgan fingerprint density at radius 1 is 1.39 bits per heavy atom. The van der Waals surface area contributed by atoms with Crippen molar-refractivity contribution in [2.75, 3.05) is 11.1 Å². The fourth-order valence-corrected chi connectivity index (χ4v) is 1.84. The van der Waals surface area contributed by atoms with Crippen molar-refractivity contribution in [3.63, 3.8) is 0 Å². The average Bonchev–Trinajstić information content (AvgIpc) is 2.57. The second-order valence-electron chi connectivity index (χ2n) is 4.56. The van der Waals surface area contributed by atoms with Gasteiger partial charge < -0.3 is 11.1 Å². The van der Waals surface area contributed by atoms with Crippen molar-refractivity contribution < 1.29 is 4.39 Å². The lowest BCUT2D eigenvalue weighted by Gasteiger charge is -2.08. The molecule has 1 aromatic carbocycles. The first kappa shape index (κ1) is 12.4. The summed E-state index contributed by atoms with van der Waals surface area (Å²) in [7, 11) is 1.81. The molecular formula is C13H17FN4. The molecule has 0 amide bonds. The largest absolute Gasteiger partial charge is 0.394 e. The highest BCUT2D eigenvalue weighted by molar-refractivity contribution is 5.71. The van der Waals surface area contributed by atoms with Crippen LogP contribution in [0.5, 0.6) is 0 Å². The second kappa shape index (κ2) is 4.68. The van der Waals surface area contributed by atoms with E-state index in [4.69, 9.17) is 5.73 Å². The Balaban J connectivity index is 2.35. The Morgan fingerprint density at radius 3 is 2.67 bits per heavy atom. The number of aryl methyl sites for hydroxylation is 1. The summed E-state index contributed by atoms with van der Waals surface area (Å²) in [6, 6.07) is 6.25. The molecule has 18 heavy (non-hydrogen) atoms. The Labute approximate surface area is 106 Å². The third-order valence-corrected chi connectivity index (χ3v) is 2.75. The maximum atomic E-state index is 13.1. The molecule has 0 saturated heterocycles. The molecule has 4 nitrogen and oxygen atoms in total. The third kappa shape index (κ3) is 2.30. The molecule has 0 radical (unpaired) electrons. The van der Waals surface area contributed by atoms with Crippen molar-refractivity contribution in [2.24, 2.45) is 7.05 Å². The lowest BCUT2D eigenvalue weighted by atomic mass is 10.1. The minimum Gasteiger partial charge on any atom is -0.394 e. The monoisotopic (exact) mass is 248 g/mol. The van der Waals surface area contributed by atoms with E-state index in [1.54, 1.807) is 16.8 Å². The number of anilines is 3. The summed E-state index contributed by atoms with van der Waals surface area (Å²) < 4.78 is 14.8. The first-order valence-corrected chi connectivity index (χ1v) is 5.84. The van der Waals surface area contributed by atoms with Gasteiger partial charge in [-0.25, -0.2) is 4.39 Å². The van der Waals surface area contributed by atoms with Crippen molar-refractivity contribution >= 4 is 17.2 Å². The van der Waals surface area contributed by atoms with Gasteiger partial charge in [-0.2, -0.15) is 5.10 Å². The van der Waals surface area contributed by atoms with Gasteiger partial charge in [0.15, 0.2) is 5.82 Å². The molecule has 0 aliphatic carbocycles. The number of nitrogen functional groups attached to an aromatic ring is 1. The highest BCUT2D eigenvalue weighted by atomic mass is 19.1. The molecule has 2 aromatic rings. The van der Waals surface area contributed by atoms with Crippen molar-refractivity contribution in [3.05, 3.63) is 35.8 Å². The van der Waals surface area contributed by atoms with Gasteiger partial charge in [0.25, 0.3) is 0 Å². The Morgan fingerprint density at radius 2 is 2.11 bits per heavy atom. The Hall–Kier alpha value is -2.04. The molecule has 3 N–H and O–H groups in total. The number of nitrogens with one attached hydrogen (secondary N) is 1. The van der Waals surface area contributed by atoms with Gasteiger partial charge in [0.05, 0.1) is 11.4 Å². The van der Waals surface area contributed by atoms with E-state index in [0.717, 1.165) is 5.69 Å². The molecule has 0 fully saturated rings. The molecule has 0 spiro atoms. The summed E-state index contributed by atoms with van der Waals surface area (Å²) in [4.78, 5) is 0. The number of halogens is 1. The third-order valence-electron chi connectivity index (χ3n) is 2.75. The van der Waals surface area contributed by atoms with Gasteiger partial charge in [0.1, 0.15) is 5.82 Å². The van der Waals surface area contributed by atoms with Crippen LogP contribution in [0.25, 0.3) is 0 Å². The van der Waals surface area contributed by atoms with Gasteiger partial charge in [-0.15, -0.1) is 0 Å². The molecule has 1 aromatic heterocycles. The number of rotatable bonds is 3. The highest BCUT2D eigenvalue weighted by Gasteiger charge is 2.15. The molecular weight excluding hydrogens is 231 g/mol. The van der Waals surface area contributed by atoms with Crippen LogP contribution in [0.4, 0.5) is 21.6 Å². The van der Waals surface area contributed by atoms with E-state index in [-0.39, 0.29) is 11.7 Å². The molecule has 0 aliphatic heterocycles. The standard InChI is InChI=1S/C13H17FN4/c1-8(2)12-11(15)13(18(3)17-12)16-10-6-4-5-9(14)7-10/h4-8,16H,15H2,1-3H3. The van der Waals surface area contributed by atoms with Gasteiger partial charge in [-0.1, -0.05) is 19.9 Å². The van der Waals surface area contributed by atoms with Crippen LogP contribution in [0.15, 0.2) is 24.3 Å². The predicted octanol–water partition coefficient (Wildman–Crippen LogP) is 3.01. The van der Waals surface area contributed by atoms with Crippen LogP contribution in [0, 0.1) is 5.82 Å². The Kier molecular flexibility index (Phi) is 3.23. The van der Waals surface area contributed by atoms with Crippen molar-refractivity contribution in [3.8, 4) is 0 Å². The number of nitrogens with zero attached hydrogens (tertiary/aromatic N) is 2.